The number of fused-ring (bicyclic) bond motifs is 1. The van der Waals surface area contributed by atoms with Gasteiger partial charge in [0.05, 0.1) is 33.6 Å². The van der Waals surface area contributed by atoms with Gasteiger partial charge in [-0.2, -0.15) is 0 Å². The summed E-state index contributed by atoms with van der Waals surface area (Å²) < 4.78 is 6.07. The summed E-state index contributed by atoms with van der Waals surface area (Å²) in [5.41, 5.74) is 3.06. The monoisotopic (exact) mass is 501 g/mol. The first-order chi connectivity index (χ1) is 16.0. The van der Waals surface area contributed by atoms with E-state index >= 15 is 0 Å². The van der Waals surface area contributed by atoms with Crippen LogP contribution in [-0.4, -0.2) is 36.1 Å². The van der Waals surface area contributed by atoms with E-state index in [0.717, 1.165) is 16.0 Å². The Hall–Kier alpha value is -3.07. The maximum atomic E-state index is 13.1. The van der Waals surface area contributed by atoms with Crippen molar-refractivity contribution >= 4 is 67.9 Å². The van der Waals surface area contributed by atoms with Crippen molar-refractivity contribution in [1.29, 1.82) is 0 Å². The second kappa shape index (κ2) is 10.2. The highest BCUT2D eigenvalue weighted by molar-refractivity contribution is 7.18. The van der Waals surface area contributed by atoms with E-state index in [1.54, 1.807) is 11.4 Å². The maximum Gasteiger partial charge on any atom is 0.258 e. The summed E-state index contributed by atoms with van der Waals surface area (Å²) in [6.07, 6.45) is 1.44. The number of ether oxygens (including phenoxy) is 1. The molecule has 2 heterocycles. The van der Waals surface area contributed by atoms with E-state index in [9.17, 15) is 4.79 Å². The lowest BCUT2D eigenvalue weighted by molar-refractivity contribution is 0.102. The molecule has 4 aromatic rings. The van der Waals surface area contributed by atoms with E-state index < -0.39 is 0 Å². The molecule has 0 saturated carbocycles. The molecule has 0 atom stereocenters. The minimum absolute atomic E-state index is 0.240. The lowest BCUT2D eigenvalue weighted by atomic mass is 10.2. The third-order valence-corrected chi connectivity index (χ3v) is 6.76. The number of thiophene rings is 1. The van der Waals surface area contributed by atoms with Gasteiger partial charge in [0.15, 0.2) is 0 Å². The Bertz CT molecular complexity index is 1300. The van der Waals surface area contributed by atoms with Crippen molar-refractivity contribution in [1.82, 2.24) is 9.97 Å². The molecule has 0 spiro atoms. The highest BCUT2D eigenvalue weighted by atomic mass is 35.5. The average molecular weight is 502 g/mol. The molecule has 0 aliphatic heterocycles. The molecule has 0 saturated heterocycles. The normalized spacial score (nSPS) is 10.8. The maximum absolute atomic E-state index is 13.1. The molecular formula is C23H21Cl2N5O2S. The quantitative estimate of drug-likeness (QED) is 0.253. The molecule has 0 aliphatic carbocycles. The predicted molar refractivity (Wildman–Crippen MR) is 137 cm³/mol. The fraction of sp³-hybridized carbons (Fsp3) is 0.174. The third kappa shape index (κ3) is 4.98. The van der Waals surface area contributed by atoms with Crippen LogP contribution < -0.4 is 20.7 Å². The standard InChI is InChI=1S/C23H21Cl2N5O2S/c1-13-10-16(32-2)18(25)20(17(13)24)30-23(31)15-11-33-21-19(15)28-12-29-22(21)27-9-8-26-14-6-4-3-5-7-14/h3-7,10-12,26H,8-9H2,1-2H3,(H,30,31)(H,27,28,29). The number of anilines is 3. The molecule has 170 valence electrons. The minimum Gasteiger partial charge on any atom is -0.495 e. The number of para-hydroxylation sites is 1. The number of amides is 1. The molecule has 0 aliphatic rings. The van der Waals surface area contributed by atoms with Crippen LogP contribution in [0.5, 0.6) is 5.75 Å². The summed E-state index contributed by atoms with van der Waals surface area (Å²) in [6, 6.07) is 11.7. The SMILES string of the molecule is COc1cc(C)c(Cl)c(NC(=O)c2csc3c(NCCNc4ccccc4)ncnc23)c1Cl. The van der Waals surface area contributed by atoms with Crippen molar-refractivity contribution in [2.75, 3.05) is 36.1 Å². The molecular weight excluding hydrogens is 481 g/mol. The van der Waals surface area contributed by atoms with Crippen molar-refractivity contribution in [3.8, 4) is 5.75 Å². The van der Waals surface area contributed by atoms with Gasteiger partial charge in [-0.15, -0.1) is 11.3 Å². The first kappa shape index (κ1) is 23.1. The number of nitrogens with one attached hydrogen (secondary N) is 3. The average Bonchev–Trinajstić information content (AvgIpc) is 3.27. The lowest BCUT2D eigenvalue weighted by Gasteiger charge is -2.14. The molecule has 1 amide bonds. The van der Waals surface area contributed by atoms with Crippen molar-refractivity contribution in [3.63, 3.8) is 0 Å². The number of hydrogen-bond acceptors (Lipinski definition) is 7. The zero-order valence-electron chi connectivity index (χ0n) is 17.9. The number of aromatic nitrogens is 2. The molecule has 0 bridgehead atoms. The fourth-order valence-corrected chi connectivity index (χ4v) is 4.74. The van der Waals surface area contributed by atoms with E-state index in [1.807, 2.05) is 37.3 Å². The number of nitrogens with zero attached hydrogens (tertiary/aromatic N) is 2. The summed E-state index contributed by atoms with van der Waals surface area (Å²) in [6.45, 7) is 3.17. The summed E-state index contributed by atoms with van der Waals surface area (Å²) in [5.74, 6) is 0.738. The second-order valence-electron chi connectivity index (χ2n) is 7.12. The number of rotatable bonds is 8. The van der Waals surface area contributed by atoms with Gasteiger partial charge in [-0.05, 0) is 30.7 Å². The molecule has 4 rings (SSSR count). The van der Waals surface area contributed by atoms with Crippen LogP contribution in [-0.2, 0) is 0 Å². The summed E-state index contributed by atoms with van der Waals surface area (Å²) >= 11 is 14.2. The Labute approximate surface area is 205 Å². The van der Waals surface area contributed by atoms with Gasteiger partial charge in [0.2, 0.25) is 0 Å². The van der Waals surface area contributed by atoms with E-state index in [2.05, 4.69) is 25.9 Å². The van der Waals surface area contributed by atoms with Crippen LogP contribution in [0.4, 0.5) is 17.2 Å². The second-order valence-corrected chi connectivity index (χ2v) is 8.76. The van der Waals surface area contributed by atoms with Crippen molar-refractivity contribution in [2.45, 2.75) is 6.92 Å². The Kier molecular flexibility index (Phi) is 7.17. The van der Waals surface area contributed by atoms with Crippen LogP contribution in [0.25, 0.3) is 10.2 Å². The van der Waals surface area contributed by atoms with E-state index in [1.165, 1.54) is 24.8 Å². The molecule has 0 radical (unpaired) electrons. The van der Waals surface area contributed by atoms with Gasteiger partial charge in [-0.1, -0.05) is 41.4 Å². The molecule has 0 fully saturated rings. The number of halogens is 2. The first-order valence-corrected chi connectivity index (χ1v) is 11.7. The van der Waals surface area contributed by atoms with Crippen LogP contribution in [0.2, 0.25) is 10.0 Å². The third-order valence-electron chi connectivity index (χ3n) is 4.93. The van der Waals surface area contributed by atoms with Crippen molar-refractivity contribution < 1.29 is 9.53 Å². The molecule has 3 N–H and O–H groups in total. The van der Waals surface area contributed by atoms with Gasteiger partial charge in [0, 0.05) is 24.2 Å². The van der Waals surface area contributed by atoms with Crippen LogP contribution in [0, 0.1) is 6.92 Å². The number of hydrogen-bond donors (Lipinski definition) is 3. The summed E-state index contributed by atoms with van der Waals surface area (Å²) in [4.78, 5) is 21.7. The molecule has 2 aromatic carbocycles. The molecule has 2 aromatic heterocycles. The highest BCUT2D eigenvalue weighted by Gasteiger charge is 2.21. The highest BCUT2D eigenvalue weighted by Crippen LogP contribution is 2.40. The Morgan fingerprint density at radius 3 is 2.61 bits per heavy atom. The van der Waals surface area contributed by atoms with E-state index in [-0.39, 0.29) is 10.9 Å². The van der Waals surface area contributed by atoms with E-state index in [4.69, 9.17) is 27.9 Å². The van der Waals surface area contributed by atoms with Crippen LogP contribution >= 0.6 is 34.5 Å². The largest absolute Gasteiger partial charge is 0.495 e. The molecule has 0 unspecified atom stereocenters. The zero-order chi connectivity index (χ0) is 23.4. The van der Waals surface area contributed by atoms with Crippen LogP contribution in [0.15, 0.2) is 48.1 Å². The number of aryl methyl sites for hydroxylation is 1. The van der Waals surface area contributed by atoms with Crippen molar-refractivity contribution in [2.24, 2.45) is 0 Å². The van der Waals surface area contributed by atoms with Gasteiger partial charge >= 0.3 is 0 Å². The van der Waals surface area contributed by atoms with Gasteiger partial charge in [-0.25, -0.2) is 9.97 Å². The van der Waals surface area contributed by atoms with Gasteiger partial charge < -0.3 is 20.7 Å². The molecule has 7 nitrogen and oxygen atoms in total. The van der Waals surface area contributed by atoms with E-state index in [0.29, 0.717) is 46.4 Å². The number of benzene rings is 2. The molecule has 33 heavy (non-hydrogen) atoms. The van der Waals surface area contributed by atoms with Crippen molar-refractivity contribution in [3.05, 3.63) is 69.3 Å². The molecule has 10 heteroatoms. The number of carbonyl (C=O) groups is 1. The summed E-state index contributed by atoms with van der Waals surface area (Å²) in [7, 11) is 1.51. The lowest BCUT2D eigenvalue weighted by Crippen LogP contribution is -2.15. The smallest absolute Gasteiger partial charge is 0.258 e. The first-order valence-electron chi connectivity index (χ1n) is 10.1. The summed E-state index contributed by atoms with van der Waals surface area (Å²) in [5, 5.41) is 11.8. The van der Waals surface area contributed by atoms with Gasteiger partial charge in [0.1, 0.15) is 22.9 Å². The Balaban J connectivity index is 1.51. The predicted octanol–water partition coefficient (Wildman–Crippen LogP) is 6.09. The van der Waals surface area contributed by atoms with Crippen LogP contribution in [0.1, 0.15) is 15.9 Å². The minimum atomic E-state index is -0.368. The topological polar surface area (TPSA) is 88.2 Å². The van der Waals surface area contributed by atoms with Crippen LogP contribution in [0.3, 0.4) is 0 Å². The zero-order valence-corrected chi connectivity index (χ0v) is 20.2. The van der Waals surface area contributed by atoms with Gasteiger partial charge in [0.25, 0.3) is 5.91 Å². The fourth-order valence-electron chi connectivity index (χ4n) is 3.26. The Morgan fingerprint density at radius 1 is 1.09 bits per heavy atom. The van der Waals surface area contributed by atoms with Gasteiger partial charge in [-0.3, -0.25) is 4.79 Å². The number of methoxy groups -OCH3 is 1. The number of carbonyl (C=O) groups excluding carboxylic acids is 1. The Morgan fingerprint density at radius 2 is 1.85 bits per heavy atom.